The fraction of sp³-hybridized carbons (Fsp3) is 0.579. The van der Waals surface area contributed by atoms with E-state index in [1.165, 1.54) is 6.07 Å². The number of aromatic nitrogens is 1. The third kappa shape index (κ3) is 4.59. The highest BCUT2D eigenvalue weighted by atomic mass is 16.8. The number of carboxylic acids is 1. The zero-order chi connectivity index (χ0) is 21.2. The van der Waals surface area contributed by atoms with Crippen molar-refractivity contribution in [3.05, 3.63) is 24.3 Å². The van der Waals surface area contributed by atoms with Gasteiger partial charge in [0, 0.05) is 17.5 Å². The van der Waals surface area contributed by atoms with Crippen LogP contribution < -0.4 is 10.6 Å². The summed E-state index contributed by atoms with van der Waals surface area (Å²) < 4.78 is 5.69. The number of carbonyl (C=O) groups is 2. The Bertz CT molecular complexity index is 756. The van der Waals surface area contributed by atoms with Crippen LogP contribution in [-0.4, -0.2) is 44.3 Å². The quantitative estimate of drug-likeness (QED) is 0.367. The zero-order valence-electron chi connectivity index (χ0n) is 16.3. The first-order valence-electron chi connectivity index (χ1n) is 9.09. The third-order valence-corrected chi connectivity index (χ3v) is 5.60. The molecule has 0 bridgehead atoms. The van der Waals surface area contributed by atoms with Gasteiger partial charge in [0.2, 0.25) is 11.8 Å². The van der Waals surface area contributed by atoms with Crippen molar-refractivity contribution < 1.29 is 34.5 Å². The standard InChI is InChI=1S/C19H28N2O7/c1-5-6-11-8-13(11)27-18(26)28-21-14(22)9-12(16(21)23)7-10(2)19(3,4)15(20)17(24)25/h5,9-11,13,15,22-23H,1,6-8,20H2,2-4H3,(H,24,25). The highest BCUT2D eigenvalue weighted by Gasteiger charge is 2.41. The summed E-state index contributed by atoms with van der Waals surface area (Å²) in [5.41, 5.74) is 5.27. The molecule has 1 heterocycles. The molecule has 0 aliphatic heterocycles. The van der Waals surface area contributed by atoms with Crippen LogP contribution in [0.4, 0.5) is 4.79 Å². The second kappa shape index (κ2) is 8.14. The van der Waals surface area contributed by atoms with Gasteiger partial charge in [-0.1, -0.05) is 26.8 Å². The number of nitrogens with zero attached hydrogens (tertiary/aromatic N) is 1. The van der Waals surface area contributed by atoms with Gasteiger partial charge in [0.1, 0.15) is 12.1 Å². The zero-order valence-corrected chi connectivity index (χ0v) is 16.3. The molecule has 4 atom stereocenters. The van der Waals surface area contributed by atoms with E-state index in [1.807, 2.05) is 0 Å². The summed E-state index contributed by atoms with van der Waals surface area (Å²) in [7, 11) is 0. The minimum absolute atomic E-state index is 0.211. The van der Waals surface area contributed by atoms with Crippen LogP contribution in [0.3, 0.4) is 0 Å². The molecular weight excluding hydrogens is 368 g/mol. The Balaban J connectivity index is 2.04. The molecule has 0 spiro atoms. The Morgan fingerprint density at radius 1 is 1.46 bits per heavy atom. The Kier molecular flexibility index (Phi) is 6.28. The molecule has 1 fully saturated rings. The van der Waals surface area contributed by atoms with Gasteiger partial charge in [0.25, 0.3) is 0 Å². The fourth-order valence-corrected chi connectivity index (χ4v) is 3.02. The first kappa shape index (κ1) is 21.6. The monoisotopic (exact) mass is 396 g/mol. The maximum Gasteiger partial charge on any atom is 0.534 e. The molecule has 2 rings (SSSR count). The van der Waals surface area contributed by atoms with E-state index in [4.69, 9.17) is 20.4 Å². The van der Waals surface area contributed by atoms with Crippen molar-refractivity contribution in [1.29, 1.82) is 0 Å². The van der Waals surface area contributed by atoms with Crippen LogP contribution in [0.2, 0.25) is 0 Å². The lowest BCUT2D eigenvalue weighted by molar-refractivity contribution is -0.142. The third-order valence-electron chi connectivity index (χ3n) is 5.60. The molecule has 0 aromatic carbocycles. The Hall–Kier alpha value is -2.68. The van der Waals surface area contributed by atoms with Gasteiger partial charge in [-0.3, -0.25) is 9.63 Å². The maximum absolute atomic E-state index is 11.9. The number of allylic oxidation sites excluding steroid dienone is 1. The van der Waals surface area contributed by atoms with Gasteiger partial charge in [0.05, 0.1) is 0 Å². The summed E-state index contributed by atoms with van der Waals surface area (Å²) in [6.45, 7) is 8.85. The minimum Gasteiger partial charge on any atom is -0.492 e. The summed E-state index contributed by atoms with van der Waals surface area (Å²) in [6.07, 6.45) is 2.10. The topological polar surface area (TPSA) is 144 Å². The predicted octanol–water partition coefficient (Wildman–Crippen LogP) is 2.05. The van der Waals surface area contributed by atoms with E-state index in [2.05, 4.69) is 6.58 Å². The second-order valence-corrected chi connectivity index (χ2v) is 7.91. The molecule has 0 radical (unpaired) electrons. The molecule has 1 aromatic heterocycles. The van der Waals surface area contributed by atoms with Crippen LogP contribution in [0.1, 0.15) is 39.2 Å². The van der Waals surface area contributed by atoms with Crippen LogP contribution in [0.25, 0.3) is 0 Å². The lowest BCUT2D eigenvalue weighted by atomic mass is 9.72. The lowest BCUT2D eigenvalue weighted by Gasteiger charge is -2.35. The molecule has 1 aliphatic rings. The van der Waals surface area contributed by atoms with E-state index in [-0.39, 0.29) is 24.4 Å². The molecule has 9 heteroatoms. The van der Waals surface area contributed by atoms with Gasteiger partial charge in [0.15, 0.2) is 0 Å². The van der Waals surface area contributed by atoms with E-state index in [1.54, 1.807) is 26.8 Å². The second-order valence-electron chi connectivity index (χ2n) is 7.91. The van der Waals surface area contributed by atoms with Crippen LogP contribution in [0.15, 0.2) is 18.7 Å². The molecule has 28 heavy (non-hydrogen) atoms. The molecule has 0 saturated heterocycles. The molecule has 4 unspecified atom stereocenters. The van der Waals surface area contributed by atoms with Gasteiger partial charge < -0.3 is 25.8 Å². The van der Waals surface area contributed by atoms with E-state index in [9.17, 15) is 19.8 Å². The highest BCUT2D eigenvalue weighted by Crippen LogP contribution is 2.38. The molecule has 1 saturated carbocycles. The van der Waals surface area contributed by atoms with Crippen LogP contribution in [0, 0.1) is 17.3 Å². The average Bonchev–Trinajstić information content (AvgIpc) is 3.28. The summed E-state index contributed by atoms with van der Waals surface area (Å²) in [4.78, 5) is 28.0. The largest absolute Gasteiger partial charge is 0.534 e. The van der Waals surface area contributed by atoms with Crippen molar-refractivity contribution in [2.24, 2.45) is 23.0 Å². The number of carboxylic acid groups (broad SMARTS) is 1. The Morgan fingerprint density at radius 3 is 2.68 bits per heavy atom. The molecular formula is C19H28N2O7. The van der Waals surface area contributed by atoms with Gasteiger partial charge >= 0.3 is 12.1 Å². The van der Waals surface area contributed by atoms with Crippen molar-refractivity contribution in [3.63, 3.8) is 0 Å². The minimum atomic E-state index is -1.12. The van der Waals surface area contributed by atoms with E-state index < -0.39 is 35.3 Å². The van der Waals surface area contributed by atoms with Crippen molar-refractivity contribution >= 4 is 12.1 Å². The molecule has 9 nitrogen and oxygen atoms in total. The summed E-state index contributed by atoms with van der Waals surface area (Å²) in [5, 5.41) is 29.5. The fourth-order valence-electron chi connectivity index (χ4n) is 3.02. The van der Waals surface area contributed by atoms with Gasteiger partial charge in [-0.05, 0) is 30.6 Å². The molecule has 156 valence electrons. The Labute approximate surface area is 163 Å². The average molecular weight is 396 g/mol. The normalized spacial score (nSPS) is 20.9. The highest BCUT2D eigenvalue weighted by molar-refractivity contribution is 5.74. The predicted molar refractivity (Wildman–Crippen MR) is 99.8 cm³/mol. The Morgan fingerprint density at radius 2 is 2.11 bits per heavy atom. The van der Waals surface area contributed by atoms with Crippen LogP contribution in [0.5, 0.6) is 11.8 Å². The number of carbonyl (C=O) groups excluding carboxylic acids is 1. The number of rotatable bonds is 9. The number of aromatic hydroxyl groups is 2. The van der Waals surface area contributed by atoms with E-state index >= 15 is 0 Å². The van der Waals surface area contributed by atoms with Crippen molar-refractivity contribution in [1.82, 2.24) is 4.73 Å². The number of ether oxygens (including phenoxy) is 1. The molecule has 0 amide bonds. The molecule has 1 aliphatic carbocycles. The number of nitrogens with two attached hydrogens (primary N) is 1. The van der Waals surface area contributed by atoms with Crippen molar-refractivity contribution in [2.75, 3.05) is 0 Å². The maximum atomic E-state index is 11.9. The van der Waals surface area contributed by atoms with E-state index in [0.29, 0.717) is 16.7 Å². The lowest BCUT2D eigenvalue weighted by Crippen LogP contribution is -2.47. The van der Waals surface area contributed by atoms with Crippen molar-refractivity contribution in [3.8, 4) is 11.8 Å². The molecule has 5 N–H and O–H groups in total. The first-order valence-corrected chi connectivity index (χ1v) is 9.09. The van der Waals surface area contributed by atoms with Gasteiger partial charge in [-0.25, -0.2) is 4.79 Å². The van der Waals surface area contributed by atoms with E-state index in [0.717, 1.165) is 6.42 Å². The van der Waals surface area contributed by atoms with Gasteiger partial charge in [-0.15, -0.1) is 11.3 Å². The SMILES string of the molecule is C=CCC1CC1OC(=O)On1c(O)cc(CC(C)C(C)(C)C(N)C(=O)O)c1O. The number of aliphatic carboxylic acids is 1. The first-order chi connectivity index (χ1) is 13.0. The van der Waals surface area contributed by atoms with Gasteiger partial charge in [-0.2, -0.15) is 0 Å². The van der Waals surface area contributed by atoms with Crippen LogP contribution in [-0.2, 0) is 16.0 Å². The summed E-state index contributed by atoms with van der Waals surface area (Å²) in [6, 6.07) is 0.146. The summed E-state index contributed by atoms with van der Waals surface area (Å²) in [5.74, 6) is -2.11. The number of hydrogen-bond donors (Lipinski definition) is 4. The smallest absolute Gasteiger partial charge is 0.492 e. The van der Waals surface area contributed by atoms with Crippen molar-refractivity contribution in [2.45, 2.75) is 52.2 Å². The molecule has 1 aromatic rings. The van der Waals surface area contributed by atoms with Crippen LogP contribution >= 0.6 is 0 Å². The summed E-state index contributed by atoms with van der Waals surface area (Å²) >= 11 is 0. The number of hydrogen-bond acceptors (Lipinski definition) is 7.